The maximum absolute atomic E-state index is 11.1. The Morgan fingerprint density at radius 1 is 1.47 bits per heavy atom. The predicted molar refractivity (Wildman–Crippen MR) is 68.9 cm³/mol. The van der Waals surface area contributed by atoms with E-state index in [0.717, 1.165) is 26.2 Å². The SMILES string of the molecule is CN1CCOC2CN(c3cncc(C(N)=O)n3)CC21. The Kier molecular flexibility index (Phi) is 3.08. The number of carbonyl (C=O) groups excluding carboxylic acids is 1. The fourth-order valence-corrected chi connectivity index (χ4v) is 2.67. The highest BCUT2D eigenvalue weighted by Crippen LogP contribution is 2.25. The van der Waals surface area contributed by atoms with E-state index in [0.29, 0.717) is 11.9 Å². The minimum absolute atomic E-state index is 0.192. The molecule has 0 radical (unpaired) electrons. The van der Waals surface area contributed by atoms with Gasteiger partial charge in [-0.3, -0.25) is 14.7 Å². The number of nitrogens with two attached hydrogens (primary N) is 1. The summed E-state index contributed by atoms with van der Waals surface area (Å²) in [4.78, 5) is 23.8. The minimum atomic E-state index is -0.556. The molecule has 0 saturated carbocycles. The van der Waals surface area contributed by atoms with Crippen LogP contribution in [0, 0.1) is 0 Å². The number of carbonyl (C=O) groups is 1. The van der Waals surface area contributed by atoms with Crippen molar-refractivity contribution in [1.82, 2.24) is 14.9 Å². The van der Waals surface area contributed by atoms with Gasteiger partial charge in [0.15, 0.2) is 0 Å². The van der Waals surface area contributed by atoms with Crippen molar-refractivity contribution in [2.75, 3.05) is 38.2 Å². The largest absolute Gasteiger partial charge is 0.373 e. The van der Waals surface area contributed by atoms with E-state index in [9.17, 15) is 4.79 Å². The first-order chi connectivity index (χ1) is 9.15. The van der Waals surface area contributed by atoms with Crippen LogP contribution in [0.3, 0.4) is 0 Å². The Hall–Kier alpha value is -1.73. The number of hydrogen-bond donors (Lipinski definition) is 1. The van der Waals surface area contributed by atoms with Crippen LogP contribution in [0.5, 0.6) is 0 Å². The van der Waals surface area contributed by atoms with E-state index < -0.39 is 5.91 Å². The van der Waals surface area contributed by atoms with Gasteiger partial charge in [-0.1, -0.05) is 0 Å². The number of primary amides is 1. The normalized spacial score (nSPS) is 27.3. The number of hydrogen-bond acceptors (Lipinski definition) is 6. The predicted octanol–water partition coefficient (Wildman–Crippen LogP) is -0.905. The number of anilines is 1. The molecule has 2 atom stereocenters. The molecule has 2 fully saturated rings. The third-order valence-corrected chi connectivity index (χ3v) is 3.78. The van der Waals surface area contributed by atoms with E-state index in [4.69, 9.17) is 10.5 Å². The Balaban J connectivity index is 1.80. The fourth-order valence-electron chi connectivity index (χ4n) is 2.67. The molecule has 3 rings (SSSR count). The van der Waals surface area contributed by atoms with Gasteiger partial charge >= 0.3 is 0 Å². The molecular formula is C12H17N5O2. The second-order valence-corrected chi connectivity index (χ2v) is 4.99. The zero-order valence-corrected chi connectivity index (χ0v) is 10.8. The lowest BCUT2D eigenvalue weighted by atomic mass is 10.1. The maximum atomic E-state index is 11.1. The van der Waals surface area contributed by atoms with Crippen molar-refractivity contribution in [1.29, 1.82) is 0 Å². The number of fused-ring (bicyclic) bond motifs is 1. The summed E-state index contributed by atoms with van der Waals surface area (Å²) in [6.45, 7) is 3.31. The first-order valence-corrected chi connectivity index (χ1v) is 6.34. The monoisotopic (exact) mass is 263 g/mol. The van der Waals surface area contributed by atoms with Crippen LogP contribution in [0.25, 0.3) is 0 Å². The highest BCUT2D eigenvalue weighted by atomic mass is 16.5. The summed E-state index contributed by atoms with van der Waals surface area (Å²) >= 11 is 0. The lowest BCUT2D eigenvalue weighted by Crippen LogP contribution is -2.48. The Bertz CT molecular complexity index is 495. The van der Waals surface area contributed by atoms with Crippen molar-refractivity contribution in [3.8, 4) is 0 Å². The highest BCUT2D eigenvalue weighted by Gasteiger charge is 2.39. The smallest absolute Gasteiger partial charge is 0.268 e. The summed E-state index contributed by atoms with van der Waals surface area (Å²) in [5, 5.41) is 0. The van der Waals surface area contributed by atoms with Gasteiger partial charge in [0.25, 0.3) is 5.91 Å². The first-order valence-electron chi connectivity index (χ1n) is 6.34. The topological polar surface area (TPSA) is 84.6 Å². The summed E-state index contributed by atoms with van der Waals surface area (Å²) < 4.78 is 5.78. The van der Waals surface area contributed by atoms with Crippen molar-refractivity contribution in [2.45, 2.75) is 12.1 Å². The van der Waals surface area contributed by atoms with Crippen LogP contribution in [0.2, 0.25) is 0 Å². The molecule has 2 aliphatic rings. The summed E-state index contributed by atoms with van der Waals surface area (Å²) in [6.07, 6.45) is 3.24. The average Bonchev–Trinajstić information content (AvgIpc) is 2.84. The highest BCUT2D eigenvalue weighted by molar-refractivity contribution is 5.90. The van der Waals surface area contributed by atoms with E-state index in [1.54, 1.807) is 6.20 Å². The third-order valence-electron chi connectivity index (χ3n) is 3.78. The van der Waals surface area contributed by atoms with E-state index in [1.807, 2.05) is 0 Å². The number of morpholine rings is 1. The van der Waals surface area contributed by atoms with E-state index in [-0.39, 0.29) is 11.8 Å². The van der Waals surface area contributed by atoms with Gasteiger partial charge in [0, 0.05) is 19.6 Å². The van der Waals surface area contributed by atoms with Gasteiger partial charge in [-0.25, -0.2) is 4.98 Å². The minimum Gasteiger partial charge on any atom is -0.373 e. The molecule has 2 N–H and O–H groups in total. The lowest BCUT2D eigenvalue weighted by molar-refractivity contribution is -0.0362. The van der Waals surface area contributed by atoms with Crippen molar-refractivity contribution in [2.24, 2.45) is 5.73 Å². The molecule has 2 aliphatic heterocycles. The van der Waals surface area contributed by atoms with Gasteiger partial charge in [-0.05, 0) is 7.05 Å². The molecule has 7 nitrogen and oxygen atoms in total. The fraction of sp³-hybridized carbons (Fsp3) is 0.583. The van der Waals surface area contributed by atoms with Crippen molar-refractivity contribution < 1.29 is 9.53 Å². The molecule has 1 aromatic heterocycles. The van der Waals surface area contributed by atoms with Gasteiger partial charge in [0.05, 0.1) is 31.1 Å². The van der Waals surface area contributed by atoms with Gasteiger partial charge in [-0.15, -0.1) is 0 Å². The van der Waals surface area contributed by atoms with Gasteiger partial charge < -0.3 is 15.4 Å². The standard InChI is InChI=1S/C12H17N5O2/c1-16-2-3-19-10-7-17(6-9(10)16)11-5-14-4-8(15-11)12(13)18/h4-5,9-10H,2-3,6-7H2,1H3,(H2,13,18). The molecule has 0 aromatic carbocycles. The number of aromatic nitrogens is 2. The van der Waals surface area contributed by atoms with Gasteiger partial charge in [-0.2, -0.15) is 0 Å². The molecule has 1 aromatic rings. The second kappa shape index (κ2) is 4.75. The average molecular weight is 263 g/mol. The van der Waals surface area contributed by atoms with Crippen LogP contribution in [0.4, 0.5) is 5.82 Å². The van der Waals surface area contributed by atoms with Crippen LogP contribution in [0.1, 0.15) is 10.5 Å². The van der Waals surface area contributed by atoms with Crippen molar-refractivity contribution in [3.05, 3.63) is 18.1 Å². The number of likely N-dealkylation sites (N-methyl/N-ethyl adjacent to an activating group) is 1. The Morgan fingerprint density at radius 3 is 3.05 bits per heavy atom. The molecule has 1 amide bonds. The van der Waals surface area contributed by atoms with E-state index in [1.165, 1.54) is 6.20 Å². The summed E-state index contributed by atoms with van der Waals surface area (Å²) in [6, 6.07) is 0.368. The van der Waals surface area contributed by atoms with Gasteiger partial charge in [0.2, 0.25) is 0 Å². The number of ether oxygens (including phenoxy) is 1. The molecule has 0 spiro atoms. The third kappa shape index (κ3) is 2.26. The molecule has 102 valence electrons. The van der Waals surface area contributed by atoms with Gasteiger partial charge in [0.1, 0.15) is 11.5 Å². The van der Waals surface area contributed by atoms with E-state index >= 15 is 0 Å². The van der Waals surface area contributed by atoms with Crippen LogP contribution < -0.4 is 10.6 Å². The molecule has 0 aliphatic carbocycles. The molecule has 0 bridgehead atoms. The molecule has 2 saturated heterocycles. The summed E-state index contributed by atoms with van der Waals surface area (Å²) in [7, 11) is 2.11. The van der Waals surface area contributed by atoms with Crippen molar-refractivity contribution in [3.63, 3.8) is 0 Å². The number of amides is 1. The molecule has 7 heteroatoms. The summed E-state index contributed by atoms with van der Waals surface area (Å²) in [5.74, 6) is 0.127. The second-order valence-electron chi connectivity index (χ2n) is 4.99. The zero-order valence-electron chi connectivity index (χ0n) is 10.8. The number of nitrogens with zero attached hydrogens (tertiary/aromatic N) is 4. The van der Waals surface area contributed by atoms with E-state index in [2.05, 4.69) is 26.8 Å². The van der Waals surface area contributed by atoms with Crippen LogP contribution in [0.15, 0.2) is 12.4 Å². The first kappa shape index (κ1) is 12.3. The van der Waals surface area contributed by atoms with Crippen molar-refractivity contribution >= 4 is 11.7 Å². The Labute approximate surface area is 111 Å². The lowest BCUT2D eigenvalue weighted by Gasteiger charge is -2.33. The molecule has 19 heavy (non-hydrogen) atoms. The molecule has 2 unspecified atom stereocenters. The van der Waals surface area contributed by atoms with Crippen LogP contribution in [-0.2, 0) is 4.74 Å². The summed E-state index contributed by atoms with van der Waals surface area (Å²) in [5.41, 5.74) is 5.42. The quantitative estimate of drug-likeness (QED) is 0.744. The van der Waals surface area contributed by atoms with Crippen LogP contribution >= 0.6 is 0 Å². The zero-order chi connectivity index (χ0) is 13.4. The van der Waals surface area contributed by atoms with Crippen LogP contribution in [-0.4, -0.2) is 66.2 Å². The Morgan fingerprint density at radius 2 is 2.32 bits per heavy atom. The maximum Gasteiger partial charge on any atom is 0.268 e. The number of rotatable bonds is 2. The molecule has 3 heterocycles. The molecular weight excluding hydrogens is 246 g/mol.